The van der Waals surface area contributed by atoms with Crippen molar-refractivity contribution in [3.8, 4) is 0 Å². The molecular formula is C19H23N5S2. The Morgan fingerprint density at radius 3 is 2.81 bits per heavy atom. The van der Waals surface area contributed by atoms with E-state index >= 15 is 0 Å². The zero-order valence-corrected chi connectivity index (χ0v) is 16.8. The molecule has 0 saturated carbocycles. The maximum atomic E-state index is 4.61. The van der Waals surface area contributed by atoms with Gasteiger partial charge < -0.3 is 4.90 Å². The van der Waals surface area contributed by atoms with Crippen molar-refractivity contribution in [3.63, 3.8) is 0 Å². The normalized spacial score (nSPS) is 19.0. The maximum Gasteiger partial charge on any atom is 0.176 e. The van der Waals surface area contributed by atoms with Gasteiger partial charge in [0.15, 0.2) is 15.8 Å². The van der Waals surface area contributed by atoms with Crippen LogP contribution in [0.2, 0.25) is 0 Å². The number of benzene rings is 1. The standard InChI is InChI=1S/C19H23N5S2/c1-14-8-9-23(10-11-24(14)12-15-6-4-3-5-7-15)18-16-17(20-13-21-18)22-19(25-2)26-16/h3-7,13-14H,8-12H2,1-2H3. The summed E-state index contributed by atoms with van der Waals surface area (Å²) in [5.74, 6) is 1.04. The number of hydrogen-bond donors (Lipinski definition) is 0. The summed E-state index contributed by atoms with van der Waals surface area (Å²) in [6.07, 6.45) is 4.84. The minimum absolute atomic E-state index is 0.556. The van der Waals surface area contributed by atoms with Gasteiger partial charge in [-0.3, -0.25) is 4.90 Å². The lowest BCUT2D eigenvalue weighted by atomic mass is 10.1. The summed E-state index contributed by atoms with van der Waals surface area (Å²) in [5, 5.41) is 0. The Morgan fingerprint density at radius 1 is 1.15 bits per heavy atom. The monoisotopic (exact) mass is 385 g/mol. The summed E-state index contributed by atoms with van der Waals surface area (Å²) in [6, 6.07) is 11.3. The van der Waals surface area contributed by atoms with E-state index in [0.29, 0.717) is 6.04 Å². The summed E-state index contributed by atoms with van der Waals surface area (Å²) >= 11 is 3.37. The van der Waals surface area contributed by atoms with E-state index in [1.54, 1.807) is 29.4 Å². The highest BCUT2D eigenvalue weighted by Gasteiger charge is 2.23. The lowest BCUT2D eigenvalue weighted by Gasteiger charge is -2.26. The van der Waals surface area contributed by atoms with Gasteiger partial charge in [-0.15, -0.1) is 11.3 Å². The summed E-state index contributed by atoms with van der Waals surface area (Å²) in [5.41, 5.74) is 2.20. The molecule has 0 N–H and O–H groups in total. The third-order valence-corrected chi connectivity index (χ3v) is 6.98. The molecule has 5 nitrogen and oxygen atoms in total. The topological polar surface area (TPSA) is 45.2 Å². The smallest absolute Gasteiger partial charge is 0.176 e. The van der Waals surface area contributed by atoms with Crippen molar-refractivity contribution in [2.24, 2.45) is 0 Å². The molecule has 0 radical (unpaired) electrons. The van der Waals surface area contributed by atoms with Crippen molar-refractivity contribution in [3.05, 3.63) is 42.2 Å². The van der Waals surface area contributed by atoms with Crippen LogP contribution in [0, 0.1) is 0 Å². The summed E-state index contributed by atoms with van der Waals surface area (Å²) in [6.45, 7) is 6.38. The highest BCUT2D eigenvalue weighted by Crippen LogP contribution is 2.33. The molecule has 0 spiro atoms. The van der Waals surface area contributed by atoms with Crippen molar-refractivity contribution in [2.75, 3.05) is 30.8 Å². The zero-order chi connectivity index (χ0) is 17.9. The molecule has 1 atom stereocenters. The Hall–Kier alpha value is -1.70. The second-order valence-corrected chi connectivity index (χ2v) is 8.67. The van der Waals surface area contributed by atoms with Crippen molar-refractivity contribution in [2.45, 2.75) is 30.3 Å². The van der Waals surface area contributed by atoms with Crippen LogP contribution in [-0.4, -0.2) is 51.8 Å². The minimum Gasteiger partial charge on any atom is -0.354 e. The summed E-state index contributed by atoms with van der Waals surface area (Å²) in [4.78, 5) is 18.5. The van der Waals surface area contributed by atoms with Crippen LogP contribution in [0.5, 0.6) is 0 Å². The third-order valence-electron chi connectivity index (χ3n) is 4.95. The Labute approximate surface area is 162 Å². The SMILES string of the molecule is CSc1nc2ncnc(N3CCC(C)N(Cc4ccccc4)CC3)c2s1. The number of thioether (sulfide) groups is 1. The van der Waals surface area contributed by atoms with Gasteiger partial charge in [0.2, 0.25) is 0 Å². The van der Waals surface area contributed by atoms with Crippen LogP contribution in [0.25, 0.3) is 10.3 Å². The molecule has 3 aromatic rings. The van der Waals surface area contributed by atoms with E-state index < -0.39 is 0 Å². The molecule has 1 aromatic carbocycles. The maximum absolute atomic E-state index is 4.61. The molecule has 2 aromatic heterocycles. The minimum atomic E-state index is 0.556. The van der Waals surface area contributed by atoms with Gasteiger partial charge >= 0.3 is 0 Å². The van der Waals surface area contributed by atoms with E-state index in [9.17, 15) is 0 Å². The molecule has 1 fully saturated rings. The average molecular weight is 386 g/mol. The molecule has 136 valence electrons. The van der Waals surface area contributed by atoms with Crippen molar-refractivity contribution < 1.29 is 0 Å². The van der Waals surface area contributed by atoms with Gasteiger partial charge in [0, 0.05) is 32.2 Å². The van der Waals surface area contributed by atoms with Crippen LogP contribution in [0.1, 0.15) is 18.9 Å². The largest absolute Gasteiger partial charge is 0.354 e. The van der Waals surface area contributed by atoms with Crippen LogP contribution in [0.15, 0.2) is 41.0 Å². The van der Waals surface area contributed by atoms with Crippen LogP contribution in [0.3, 0.4) is 0 Å². The Bertz CT molecular complexity index is 867. The molecular weight excluding hydrogens is 362 g/mol. The van der Waals surface area contributed by atoms with Gasteiger partial charge in [-0.25, -0.2) is 15.0 Å². The Kier molecular flexibility index (Phi) is 5.38. The quantitative estimate of drug-likeness (QED) is 0.635. The number of rotatable bonds is 4. The lowest BCUT2D eigenvalue weighted by molar-refractivity contribution is 0.212. The Balaban J connectivity index is 1.54. The first-order valence-electron chi connectivity index (χ1n) is 8.93. The van der Waals surface area contributed by atoms with E-state index in [1.807, 2.05) is 0 Å². The lowest BCUT2D eigenvalue weighted by Crippen LogP contribution is -2.34. The molecule has 7 heteroatoms. The number of nitrogens with zero attached hydrogens (tertiary/aromatic N) is 5. The van der Waals surface area contributed by atoms with Crippen molar-refractivity contribution in [1.82, 2.24) is 19.9 Å². The van der Waals surface area contributed by atoms with Gasteiger partial charge in [0.05, 0.1) is 0 Å². The second kappa shape index (κ2) is 7.90. The van der Waals surface area contributed by atoms with E-state index in [1.165, 1.54) is 5.56 Å². The summed E-state index contributed by atoms with van der Waals surface area (Å²) < 4.78 is 2.16. The van der Waals surface area contributed by atoms with Crippen molar-refractivity contribution >= 4 is 39.3 Å². The van der Waals surface area contributed by atoms with E-state index in [2.05, 4.69) is 68.3 Å². The predicted octanol–water partition coefficient (Wildman–Crippen LogP) is 3.91. The molecule has 1 aliphatic heterocycles. The molecule has 1 aliphatic rings. The van der Waals surface area contributed by atoms with E-state index in [-0.39, 0.29) is 0 Å². The number of anilines is 1. The highest BCUT2D eigenvalue weighted by molar-refractivity contribution is 8.00. The highest BCUT2D eigenvalue weighted by atomic mass is 32.2. The number of hydrogen-bond acceptors (Lipinski definition) is 7. The molecule has 3 heterocycles. The first-order valence-corrected chi connectivity index (χ1v) is 11.0. The fraction of sp³-hybridized carbons (Fsp3) is 0.421. The Morgan fingerprint density at radius 2 is 2.00 bits per heavy atom. The number of aromatic nitrogens is 3. The van der Waals surface area contributed by atoms with E-state index in [4.69, 9.17) is 0 Å². The molecule has 1 unspecified atom stereocenters. The molecule has 0 amide bonds. The number of thiazole rings is 1. The fourth-order valence-corrected chi connectivity index (χ4v) is 4.94. The van der Waals surface area contributed by atoms with Crippen LogP contribution in [0.4, 0.5) is 5.82 Å². The average Bonchev–Trinajstić information content (AvgIpc) is 3.03. The first kappa shape index (κ1) is 17.7. The fourth-order valence-electron chi connectivity index (χ4n) is 3.41. The zero-order valence-electron chi connectivity index (χ0n) is 15.1. The summed E-state index contributed by atoms with van der Waals surface area (Å²) in [7, 11) is 0. The molecule has 4 rings (SSSR count). The first-order chi connectivity index (χ1) is 12.7. The molecule has 1 saturated heterocycles. The predicted molar refractivity (Wildman–Crippen MR) is 110 cm³/mol. The third kappa shape index (κ3) is 3.70. The van der Waals surface area contributed by atoms with Crippen LogP contribution in [-0.2, 0) is 6.54 Å². The van der Waals surface area contributed by atoms with Crippen LogP contribution >= 0.6 is 23.1 Å². The van der Waals surface area contributed by atoms with Gasteiger partial charge in [0.1, 0.15) is 11.0 Å². The van der Waals surface area contributed by atoms with Gasteiger partial charge in [0.25, 0.3) is 0 Å². The van der Waals surface area contributed by atoms with Gasteiger partial charge in [-0.05, 0) is 25.2 Å². The second-order valence-electron chi connectivity index (χ2n) is 6.61. The van der Waals surface area contributed by atoms with E-state index in [0.717, 1.165) is 53.1 Å². The van der Waals surface area contributed by atoms with Gasteiger partial charge in [-0.1, -0.05) is 42.1 Å². The van der Waals surface area contributed by atoms with Gasteiger partial charge in [-0.2, -0.15) is 0 Å². The van der Waals surface area contributed by atoms with Crippen molar-refractivity contribution in [1.29, 1.82) is 0 Å². The number of fused-ring (bicyclic) bond motifs is 1. The molecule has 0 aliphatic carbocycles. The molecule has 26 heavy (non-hydrogen) atoms. The molecule has 0 bridgehead atoms. The van der Waals surface area contributed by atoms with Crippen LogP contribution < -0.4 is 4.90 Å².